The van der Waals surface area contributed by atoms with Crippen molar-refractivity contribution in [1.29, 1.82) is 0 Å². The molecule has 0 aliphatic carbocycles. The molecule has 14 heteroatoms. The molecule has 14 nitrogen and oxygen atoms in total. The number of hydrogen-bond donors (Lipinski definition) is 5. The van der Waals surface area contributed by atoms with Gasteiger partial charge in [0.1, 0.15) is 24.4 Å². The van der Waals surface area contributed by atoms with Gasteiger partial charge in [0.2, 0.25) is 11.8 Å². The Morgan fingerprint density at radius 1 is 0.761 bits per heavy atom. The fourth-order valence-electron chi connectivity index (χ4n) is 8.46. The number of unbranched alkanes of at least 4 members (excludes halogenated alkanes) is 15. The highest BCUT2D eigenvalue weighted by atomic mass is 16.7. The van der Waals surface area contributed by atoms with Gasteiger partial charge < -0.3 is 54.4 Å². The summed E-state index contributed by atoms with van der Waals surface area (Å²) < 4.78 is 35.6. The van der Waals surface area contributed by atoms with Crippen LogP contribution in [-0.4, -0.2) is 147 Å². The summed E-state index contributed by atoms with van der Waals surface area (Å²) in [5, 5.41) is 35.4. The van der Waals surface area contributed by atoms with Gasteiger partial charge in [-0.05, 0) is 77.2 Å². The first-order valence-corrected chi connectivity index (χ1v) is 26.4. The Morgan fingerprint density at radius 2 is 1.33 bits per heavy atom. The zero-order valence-corrected chi connectivity index (χ0v) is 42.7. The van der Waals surface area contributed by atoms with E-state index in [0.29, 0.717) is 39.5 Å². The first-order chi connectivity index (χ1) is 32.5. The van der Waals surface area contributed by atoms with Crippen LogP contribution >= 0.6 is 0 Å². The Kier molecular flexibility index (Phi) is 35.9. The molecule has 0 aromatic heterocycles. The van der Waals surface area contributed by atoms with Crippen molar-refractivity contribution in [3.8, 4) is 0 Å². The number of hydrogen-bond acceptors (Lipinski definition) is 12. The van der Waals surface area contributed by atoms with Crippen LogP contribution in [0.3, 0.4) is 0 Å². The lowest BCUT2D eigenvalue weighted by Crippen LogP contribution is -2.64. The Bertz CT molecular complexity index is 1320. The van der Waals surface area contributed by atoms with Gasteiger partial charge >= 0.3 is 0 Å². The van der Waals surface area contributed by atoms with Gasteiger partial charge in [-0.3, -0.25) is 14.5 Å². The van der Waals surface area contributed by atoms with Crippen LogP contribution in [0, 0.1) is 5.92 Å². The van der Waals surface area contributed by atoms with Gasteiger partial charge in [-0.15, -0.1) is 0 Å². The SMILES string of the molecule is CCCCC/C=C\C/C=C\CCCCCCCCC1(CCCCCCCC/C=C\CC(C)C)OC[C@H](CN(C)CC(=O)NCCOCCOCCO[C@@H]2OC(CO)[C@H](O)C(O)C2NC(C)=O)O1. The van der Waals surface area contributed by atoms with Gasteiger partial charge in [-0.1, -0.05) is 121 Å². The predicted octanol–water partition coefficient (Wildman–Crippen LogP) is 8.07. The van der Waals surface area contributed by atoms with E-state index in [2.05, 4.69) is 67.9 Å². The van der Waals surface area contributed by atoms with Crippen LogP contribution in [0.5, 0.6) is 0 Å². The van der Waals surface area contributed by atoms with Crippen LogP contribution in [0.25, 0.3) is 0 Å². The monoisotopic (exact) mass is 952 g/mol. The van der Waals surface area contributed by atoms with Crippen LogP contribution in [-0.2, 0) is 38.0 Å². The maximum atomic E-state index is 12.8. The molecule has 67 heavy (non-hydrogen) atoms. The van der Waals surface area contributed by atoms with Crippen molar-refractivity contribution in [3.05, 3.63) is 36.5 Å². The number of carbonyl (C=O) groups excluding carboxylic acids is 2. The molecule has 0 aromatic rings. The van der Waals surface area contributed by atoms with Gasteiger partial charge in [-0.25, -0.2) is 0 Å². The lowest BCUT2D eigenvalue weighted by Gasteiger charge is -2.42. The number of nitrogens with one attached hydrogen (secondary N) is 2. The van der Waals surface area contributed by atoms with E-state index in [-0.39, 0.29) is 31.8 Å². The summed E-state index contributed by atoms with van der Waals surface area (Å²) in [6.45, 7) is 10.5. The fourth-order valence-corrected chi connectivity index (χ4v) is 8.46. The number of aliphatic hydroxyl groups excluding tert-OH is 3. The summed E-state index contributed by atoms with van der Waals surface area (Å²) in [5.74, 6) is -0.306. The zero-order valence-electron chi connectivity index (χ0n) is 42.7. The van der Waals surface area contributed by atoms with E-state index >= 15 is 0 Å². The predicted molar refractivity (Wildman–Crippen MR) is 267 cm³/mol. The highest BCUT2D eigenvalue weighted by molar-refractivity contribution is 5.77. The Hall–Kier alpha value is -2.24. The molecule has 2 rings (SSSR count). The van der Waals surface area contributed by atoms with Crippen LogP contribution in [0.15, 0.2) is 36.5 Å². The highest BCUT2D eigenvalue weighted by Gasteiger charge is 2.45. The molecule has 2 fully saturated rings. The molecular weight excluding hydrogens is 855 g/mol. The number of likely N-dealkylation sites (N-methyl/N-ethyl adjacent to an activating group) is 1. The van der Waals surface area contributed by atoms with Crippen molar-refractivity contribution in [3.63, 3.8) is 0 Å². The molecule has 2 amide bonds. The summed E-state index contributed by atoms with van der Waals surface area (Å²) in [4.78, 5) is 26.4. The van der Waals surface area contributed by atoms with E-state index in [1.54, 1.807) is 0 Å². The van der Waals surface area contributed by atoms with Crippen molar-refractivity contribution in [1.82, 2.24) is 15.5 Å². The normalized spacial score (nSPS) is 23.5. The van der Waals surface area contributed by atoms with Gasteiger partial charge in [0.25, 0.3) is 0 Å². The molecule has 0 saturated carbocycles. The third-order valence-electron chi connectivity index (χ3n) is 12.3. The van der Waals surface area contributed by atoms with Gasteiger partial charge in [0.05, 0.1) is 58.9 Å². The number of aliphatic hydroxyl groups is 3. The first kappa shape index (κ1) is 60.9. The summed E-state index contributed by atoms with van der Waals surface area (Å²) in [6.07, 6.45) is 35.3. The minimum absolute atomic E-state index is 0.0781. The maximum absolute atomic E-state index is 12.8. The molecule has 0 aromatic carbocycles. The van der Waals surface area contributed by atoms with E-state index in [0.717, 1.165) is 38.0 Å². The molecule has 2 saturated heterocycles. The lowest BCUT2D eigenvalue weighted by molar-refractivity contribution is -0.272. The summed E-state index contributed by atoms with van der Waals surface area (Å²) in [6, 6.07) is -1.00. The average molecular weight is 952 g/mol. The van der Waals surface area contributed by atoms with Crippen LogP contribution in [0.2, 0.25) is 0 Å². The molecule has 7 atom stereocenters. The lowest BCUT2D eigenvalue weighted by atomic mass is 9.97. The molecule has 2 heterocycles. The quantitative estimate of drug-likeness (QED) is 0.0294. The van der Waals surface area contributed by atoms with Crippen LogP contribution in [0.4, 0.5) is 0 Å². The van der Waals surface area contributed by atoms with Crippen molar-refractivity contribution in [2.45, 2.75) is 211 Å². The van der Waals surface area contributed by atoms with Crippen LogP contribution in [0.1, 0.15) is 169 Å². The summed E-state index contributed by atoms with van der Waals surface area (Å²) >= 11 is 0. The molecule has 4 unspecified atom stereocenters. The van der Waals surface area contributed by atoms with Crippen molar-refractivity contribution >= 4 is 11.8 Å². The molecule has 0 radical (unpaired) electrons. The second kappa shape index (κ2) is 39.5. The van der Waals surface area contributed by atoms with E-state index in [9.17, 15) is 24.9 Å². The van der Waals surface area contributed by atoms with E-state index in [4.69, 9.17) is 28.4 Å². The number of allylic oxidation sites excluding steroid dienone is 6. The molecule has 390 valence electrons. The molecular formula is C53H97N3O11. The topological polar surface area (TPSA) is 178 Å². The van der Waals surface area contributed by atoms with Crippen LogP contribution < -0.4 is 10.6 Å². The zero-order chi connectivity index (χ0) is 48.8. The highest BCUT2D eigenvalue weighted by Crippen LogP contribution is 2.35. The third-order valence-corrected chi connectivity index (χ3v) is 12.3. The summed E-state index contributed by atoms with van der Waals surface area (Å²) in [5.41, 5.74) is 0. The Labute approximate surface area is 406 Å². The average Bonchev–Trinajstić information content (AvgIpc) is 3.69. The summed E-state index contributed by atoms with van der Waals surface area (Å²) in [7, 11) is 1.94. The number of rotatable bonds is 42. The van der Waals surface area contributed by atoms with Crippen molar-refractivity contribution < 1.29 is 53.3 Å². The molecule has 2 aliphatic rings. The van der Waals surface area contributed by atoms with Crippen molar-refractivity contribution in [2.24, 2.45) is 5.92 Å². The number of ether oxygens (including phenoxy) is 6. The van der Waals surface area contributed by atoms with Gasteiger partial charge in [-0.2, -0.15) is 0 Å². The number of amides is 2. The standard InChI is InChI=1S/C53H97N3O11/c1-6-7-8-9-10-11-12-13-14-15-16-17-20-23-26-29-32-53(33-30-27-24-21-18-19-22-25-28-31-44(2)3)65-43-46(67-53)40-56(5)41-48(59)54-34-35-62-36-37-63-38-39-64-52-49(55-45(4)58)51(61)50(60)47(42-57)66-52/h10-11,13-14,25,28,44,46-47,49-52,57,60-61H,6-9,12,15-24,26-27,29-43H2,1-5H3,(H,54,59)(H,55,58)/b11-10-,14-13-,28-25-/t46-,47?,49?,50-,51?,52+,53?/m0/s1. The number of nitrogens with zero attached hydrogens (tertiary/aromatic N) is 1. The van der Waals surface area contributed by atoms with Crippen molar-refractivity contribution in [2.75, 3.05) is 72.9 Å². The third kappa shape index (κ3) is 30.2. The van der Waals surface area contributed by atoms with E-state index < -0.39 is 48.9 Å². The van der Waals surface area contributed by atoms with E-state index in [1.165, 1.54) is 116 Å². The van der Waals surface area contributed by atoms with Gasteiger partial charge in [0, 0.05) is 32.9 Å². The number of carbonyl (C=O) groups is 2. The maximum Gasteiger partial charge on any atom is 0.234 e. The minimum Gasteiger partial charge on any atom is -0.394 e. The Morgan fingerprint density at radius 3 is 1.93 bits per heavy atom. The molecule has 0 spiro atoms. The molecule has 0 bridgehead atoms. The molecule has 2 aliphatic heterocycles. The molecule has 5 N–H and O–H groups in total. The largest absolute Gasteiger partial charge is 0.394 e. The minimum atomic E-state index is -1.37. The van der Waals surface area contributed by atoms with Gasteiger partial charge in [0.15, 0.2) is 12.1 Å². The second-order valence-electron chi connectivity index (χ2n) is 19.1. The smallest absolute Gasteiger partial charge is 0.234 e. The second-order valence-corrected chi connectivity index (χ2v) is 19.1. The fraction of sp³-hybridized carbons (Fsp3) is 0.849. The Balaban J connectivity index is 1.64. The van der Waals surface area contributed by atoms with E-state index in [1.807, 2.05) is 11.9 Å². The first-order valence-electron chi connectivity index (χ1n) is 26.4.